The van der Waals surface area contributed by atoms with Crippen LogP contribution in [-0.2, 0) is 25.7 Å². The number of hydrogen-bond acceptors (Lipinski definition) is 7. The second-order valence-electron chi connectivity index (χ2n) is 6.68. The van der Waals surface area contributed by atoms with Gasteiger partial charge in [-0.15, -0.1) is 11.3 Å². The van der Waals surface area contributed by atoms with Crippen LogP contribution in [0.5, 0.6) is 0 Å². The van der Waals surface area contributed by atoms with Crippen molar-refractivity contribution in [1.82, 2.24) is 15.6 Å². The molecule has 1 aliphatic rings. The van der Waals surface area contributed by atoms with Crippen LogP contribution in [0.25, 0.3) is 0 Å². The van der Waals surface area contributed by atoms with E-state index < -0.39 is 29.7 Å². The maximum absolute atomic E-state index is 12.9. The van der Waals surface area contributed by atoms with Crippen LogP contribution in [0.2, 0.25) is 0 Å². The normalized spacial score (nSPS) is 17.7. The highest BCUT2D eigenvalue weighted by Crippen LogP contribution is 2.22. The molecule has 2 N–H and O–H groups in total. The van der Waals surface area contributed by atoms with Gasteiger partial charge in [-0.2, -0.15) is 0 Å². The number of benzene rings is 1. The van der Waals surface area contributed by atoms with E-state index in [4.69, 9.17) is 4.74 Å². The maximum Gasteiger partial charge on any atom is 0.408 e. The quantitative estimate of drug-likeness (QED) is 0.670. The first-order valence-corrected chi connectivity index (χ1v) is 10.2. The highest BCUT2D eigenvalue weighted by molar-refractivity contribution is 7.07. The van der Waals surface area contributed by atoms with Crippen LogP contribution in [0.3, 0.4) is 0 Å². The van der Waals surface area contributed by atoms with Gasteiger partial charge in [0.05, 0.1) is 11.2 Å². The van der Waals surface area contributed by atoms with Crippen molar-refractivity contribution in [2.45, 2.75) is 31.9 Å². The summed E-state index contributed by atoms with van der Waals surface area (Å²) in [6.07, 6.45) is 0.146. The van der Waals surface area contributed by atoms with Crippen molar-refractivity contribution in [3.8, 4) is 0 Å². The van der Waals surface area contributed by atoms with Gasteiger partial charge in [0.1, 0.15) is 12.6 Å². The number of hydrogen-bond donors (Lipinski definition) is 2. The van der Waals surface area contributed by atoms with E-state index in [-0.39, 0.29) is 18.8 Å². The van der Waals surface area contributed by atoms with Crippen molar-refractivity contribution in [2.24, 2.45) is 5.92 Å². The number of thiazole rings is 1. The Morgan fingerprint density at radius 1 is 1.28 bits per heavy atom. The number of carbonyl (C=O) groups excluding carboxylic acids is 4. The topological polar surface area (TPSA) is 114 Å². The van der Waals surface area contributed by atoms with Crippen LogP contribution in [0.15, 0.2) is 41.2 Å². The summed E-state index contributed by atoms with van der Waals surface area (Å²) in [4.78, 5) is 53.2. The number of rotatable bonds is 7. The second kappa shape index (κ2) is 9.92. The molecule has 0 saturated carbocycles. The van der Waals surface area contributed by atoms with E-state index >= 15 is 0 Å². The van der Waals surface area contributed by atoms with E-state index in [2.05, 4.69) is 15.6 Å². The molecule has 1 aromatic heterocycles. The Hall–Kier alpha value is -3.07. The minimum Gasteiger partial charge on any atom is -0.445 e. The Balaban J connectivity index is 1.65. The molecule has 2 atom stereocenters. The molecule has 9 heteroatoms. The van der Waals surface area contributed by atoms with Gasteiger partial charge in [0.15, 0.2) is 5.78 Å². The van der Waals surface area contributed by atoms with Crippen molar-refractivity contribution < 1.29 is 23.9 Å². The predicted molar refractivity (Wildman–Crippen MR) is 105 cm³/mol. The smallest absolute Gasteiger partial charge is 0.408 e. The average Bonchev–Trinajstić information content (AvgIpc) is 3.22. The first-order chi connectivity index (χ1) is 14.0. The Labute approximate surface area is 171 Å². The Morgan fingerprint density at radius 2 is 2.07 bits per heavy atom. The lowest BCUT2D eigenvalue weighted by molar-refractivity contribution is -0.140. The molecule has 1 aliphatic heterocycles. The molecule has 0 radical (unpaired) electrons. The Bertz CT molecular complexity index is 870. The van der Waals surface area contributed by atoms with E-state index in [1.54, 1.807) is 10.9 Å². The summed E-state index contributed by atoms with van der Waals surface area (Å²) >= 11 is 1.29. The van der Waals surface area contributed by atoms with Gasteiger partial charge in [0, 0.05) is 24.3 Å². The zero-order valence-corrected chi connectivity index (χ0v) is 16.4. The molecule has 2 unspecified atom stereocenters. The molecule has 3 rings (SSSR count). The number of amides is 2. The van der Waals surface area contributed by atoms with Gasteiger partial charge in [0.2, 0.25) is 5.78 Å². The predicted octanol–water partition coefficient (Wildman–Crippen LogP) is 2.17. The first kappa shape index (κ1) is 20.7. The summed E-state index contributed by atoms with van der Waals surface area (Å²) in [6.45, 7) is 0.473. The lowest BCUT2D eigenvalue weighted by Crippen LogP contribution is -2.37. The van der Waals surface area contributed by atoms with Crippen molar-refractivity contribution in [3.05, 3.63) is 52.5 Å². The molecule has 2 amide bonds. The molecular weight excluding hydrogens is 394 g/mol. The van der Waals surface area contributed by atoms with Gasteiger partial charge in [-0.05, 0) is 18.4 Å². The highest BCUT2D eigenvalue weighted by Gasteiger charge is 2.33. The summed E-state index contributed by atoms with van der Waals surface area (Å²) in [6, 6.07) is 8.12. The summed E-state index contributed by atoms with van der Waals surface area (Å²) in [5.41, 5.74) is 2.74. The number of Topliss-reactive ketones (excluding diaryl/α,β-unsaturated/α-hetero) is 2. The number of ether oxygens (including phenoxy) is 1. The number of alkyl carbamates (subject to hydrolysis) is 1. The lowest BCUT2D eigenvalue weighted by Gasteiger charge is -2.18. The van der Waals surface area contributed by atoms with Crippen molar-refractivity contribution >= 4 is 34.9 Å². The molecule has 29 heavy (non-hydrogen) atoms. The number of aromatic nitrogens is 1. The lowest BCUT2D eigenvalue weighted by atomic mass is 9.90. The number of ketones is 2. The summed E-state index contributed by atoms with van der Waals surface area (Å²) in [5, 5.41) is 6.72. The molecular formula is C20H21N3O5S. The summed E-state index contributed by atoms with van der Waals surface area (Å²) < 4.78 is 5.20. The molecule has 2 heterocycles. The van der Waals surface area contributed by atoms with Crippen LogP contribution in [0.1, 0.15) is 36.6 Å². The Morgan fingerprint density at radius 3 is 2.79 bits per heavy atom. The SMILES string of the molecule is O=C(NC(C(=O)CC1CCCNC(=O)C1=O)c1cscn1)OCc1ccccc1. The summed E-state index contributed by atoms with van der Waals surface area (Å²) in [7, 11) is 0. The number of carbonyl (C=O) groups is 4. The molecule has 8 nitrogen and oxygen atoms in total. The molecule has 1 saturated heterocycles. The monoisotopic (exact) mass is 415 g/mol. The fourth-order valence-corrected chi connectivity index (χ4v) is 3.66. The van der Waals surface area contributed by atoms with E-state index in [0.717, 1.165) is 5.56 Å². The van der Waals surface area contributed by atoms with Gasteiger partial charge in [-0.3, -0.25) is 14.4 Å². The molecule has 2 aromatic rings. The van der Waals surface area contributed by atoms with Crippen LogP contribution < -0.4 is 10.6 Å². The third-order valence-electron chi connectivity index (χ3n) is 4.60. The molecule has 0 bridgehead atoms. The van der Waals surface area contributed by atoms with Gasteiger partial charge in [-0.25, -0.2) is 9.78 Å². The third kappa shape index (κ3) is 5.71. The minimum atomic E-state index is -1.04. The van der Waals surface area contributed by atoms with Gasteiger partial charge in [-0.1, -0.05) is 30.3 Å². The minimum absolute atomic E-state index is 0.0614. The fourth-order valence-electron chi connectivity index (χ4n) is 3.08. The van der Waals surface area contributed by atoms with Gasteiger partial charge >= 0.3 is 6.09 Å². The van der Waals surface area contributed by atoms with E-state index in [9.17, 15) is 19.2 Å². The largest absolute Gasteiger partial charge is 0.445 e. The van der Waals surface area contributed by atoms with Crippen molar-refractivity contribution in [2.75, 3.05) is 6.54 Å². The van der Waals surface area contributed by atoms with Crippen molar-refractivity contribution in [3.63, 3.8) is 0 Å². The molecule has 0 aliphatic carbocycles. The maximum atomic E-state index is 12.9. The van der Waals surface area contributed by atoms with Crippen LogP contribution in [-0.4, -0.2) is 35.1 Å². The van der Waals surface area contributed by atoms with Crippen LogP contribution >= 0.6 is 11.3 Å². The van der Waals surface area contributed by atoms with Crippen LogP contribution in [0.4, 0.5) is 4.79 Å². The number of nitrogens with one attached hydrogen (secondary N) is 2. The zero-order chi connectivity index (χ0) is 20.6. The number of nitrogens with zero attached hydrogens (tertiary/aromatic N) is 1. The molecule has 0 spiro atoms. The zero-order valence-electron chi connectivity index (χ0n) is 15.6. The highest BCUT2D eigenvalue weighted by atomic mass is 32.1. The van der Waals surface area contributed by atoms with Gasteiger partial charge in [0.25, 0.3) is 5.91 Å². The van der Waals surface area contributed by atoms with E-state index in [1.165, 1.54) is 11.3 Å². The van der Waals surface area contributed by atoms with E-state index in [0.29, 0.717) is 25.1 Å². The fraction of sp³-hybridized carbons (Fsp3) is 0.350. The van der Waals surface area contributed by atoms with Crippen LogP contribution in [0, 0.1) is 5.92 Å². The Kier molecular flexibility index (Phi) is 7.07. The molecule has 1 aromatic carbocycles. The molecule has 1 fully saturated rings. The summed E-state index contributed by atoms with van der Waals surface area (Å²) in [5.74, 6) is -2.35. The second-order valence-corrected chi connectivity index (χ2v) is 7.40. The molecule has 152 valence electrons. The standard InChI is InChI=1S/C20H21N3O5S/c24-16(9-14-7-4-8-21-19(26)18(14)25)17(15-11-29-12-22-15)23-20(27)28-10-13-5-2-1-3-6-13/h1-3,5-6,11-12,14,17H,4,7-10H2,(H,21,26)(H,23,27). The average molecular weight is 415 g/mol. The van der Waals surface area contributed by atoms with Gasteiger partial charge < -0.3 is 15.4 Å². The third-order valence-corrected chi connectivity index (χ3v) is 5.21. The van der Waals surface area contributed by atoms with Crippen molar-refractivity contribution in [1.29, 1.82) is 0 Å². The first-order valence-electron chi connectivity index (χ1n) is 9.24. The van der Waals surface area contributed by atoms with E-state index in [1.807, 2.05) is 30.3 Å².